The van der Waals surface area contributed by atoms with Gasteiger partial charge in [0.2, 0.25) is 5.95 Å². The Morgan fingerprint density at radius 3 is 2.39 bits per heavy atom. The van der Waals surface area contributed by atoms with Crippen LogP contribution in [0.3, 0.4) is 0 Å². The van der Waals surface area contributed by atoms with Crippen LogP contribution in [0.15, 0.2) is 85.8 Å². The van der Waals surface area contributed by atoms with Gasteiger partial charge in [-0.1, -0.05) is 0 Å². The molecule has 4 aliphatic heterocycles. The largest absolute Gasteiger partial charge is 0.355 e. The van der Waals surface area contributed by atoms with E-state index >= 15 is 4.39 Å². The van der Waals surface area contributed by atoms with Crippen molar-refractivity contribution < 1.29 is 4.39 Å². The Balaban J connectivity index is 0.619. The molecule has 1 saturated carbocycles. The number of halogens is 1. The topological polar surface area (TPSA) is 179 Å². The van der Waals surface area contributed by atoms with E-state index < -0.39 is 5.82 Å². The molecule has 18 heteroatoms. The summed E-state index contributed by atoms with van der Waals surface area (Å²) >= 11 is 0. The molecule has 2 aromatic carbocycles. The normalized spacial score (nSPS) is 27.6. The Hall–Kier alpha value is -6.66. The quantitative estimate of drug-likeness (QED) is 0.164. The zero-order valence-electron chi connectivity index (χ0n) is 33.3. The van der Waals surface area contributed by atoms with E-state index in [0.717, 1.165) is 77.5 Å². The molecule has 1 aliphatic carbocycles. The van der Waals surface area contributed by atoms with Gasteiger partial charge in [-0.05, 0) is 86.4 Å². The second kappa shape index (κ2) is 13.4. The minimum Gasteiger partial charge on any atom is -0.355 e. The van der Waals surface area contributed by atoms with Crippen LogP contribution in [-0.2, 0) is 0 Å². The van der Waals surface area contributed by atoms with Crippen molar-refractivity contribution in [2.45, 2.75) is 68.4 Å². The van der Waals surface area contributed by atoms with E-state index in [9.17, 15) is 0 Å². The van der Waals surface area contributed by atoms with Crippen LogP contribution in [0.1, 0.15) is 32.1 Å². The molecule has 306 valence electrons. The average Bonchev–Trinajstić information content (AvgIpc) is 3.87. The van der Waals surface area contributed by atoms with Crippen LogP contribution in [-0.4, -0.2) is 127 Å². The van der Waals surface area contributed by atoms with Gasteiger partial charge >= 0.3 is 0 Å². The summed E-state index contributed by atoms with van der Waals surface area (Å²) in [6, 6.07) is 16.6. The van der Waals surface area contributed by atoms with Crippen molar-refractivity contribution in [2.24, 2.45) is 11.8 Å². The summed E-state index contributed by atoms with van der Waals surface area (Å²) in [6.45, 7) is 1.81. The minimum atomic E-state index is -0.408. The summed E-state index contributed by atoms with van der Waals surface area (Å²) < 4.78 is 18.8. The first kappa shape index (κ1) is 35.1. The van der Waals surface area contributed by atoms with Crippen molar-refractivity contribution in [1.29, 1.82) is 0 Å². The van der Waals surface area contributed by atoms with Crippen LogP contribution in [0.4, 0.5) is 16.2 Å². The Kier molecular flexibility index (Phi) is 7.73. The van der Waals surface area contributed by atoms with Gasteiger partial charge in [0.1, 0.15) is 11.4 Å². The summed E-state index contributed by atoms with van der Waals surface area (Å²) in [5.74, 6) is 2.63. The van der Waals surface area contributed by atoms with E-state index in [1.807, 2.05) is 53.6 Å². The number of benzene rings is 2. The third-order valence-electron chi connectivity index (χ3n) is 14.2. The zero-order valence-corrected chi connectivity index (χ0v) is 33.3. The number of H-pyrrole nitrogens is 2. The van der Waals surface area contributed by atoms with Gasteiger partial charge in [0.05, 0.1) is 41.0 Å². The lowest BCUT2D eigenvalue weighted by molar-refractivity contribution is 0.260. The average molecular weight is 816 g/mol. The van der Waals surface area contributed by atoms with Gasteiger partial charge in [-0.3, -0.25) is 15.1 Å². The molecule has 3 N–H and O–H groups in total. The van der Waals surface area contributed by atoms with Crippen molar-refractivity contribution >= 4 is 33.6 Å². The highest BCUT2D eigenvalue weighted by Gasteiger charge is 2.67. The summed E-state index contributed by atoms with van der Waals surface area (Å²) in [5.41, 5.74) is 5.61. The van der Waals surface area contributed by atoms with Gasteiger partial charge in [-0.15, -0.1) is 20.4 Å². The third kappa shape index (κ3) is 5.68. The van der Waals surface area contributed by atoms with Crippen molar-refractivity contribution in [1.82, 2.24) is 75.6 Å². The maximum Gasteiger partial charge on any atom is 0.245 e. The van der Waals surface area contributed by atoms with Gasteiger partial charge in [-0.2, -0.15) is 20.4 Å². The second-order valence-electron chi connectivity index (χ2n) is 17.4. The molecular formula is C43H42FN17. The lowest BCUT2D eigenvalue weighted by Crippen LogP contribution is -2.43. The van der Waals surface area contributed by atoms with Crippen LogP contribution in [0, 0.1) is 17.7 Å². The Bertz CT molecular complexity index is 2890. The minimum absolute atomic E-state index is 0.331. The van der Waals surface area contributed by atoms with E-state index in [0.29, 0.717) is 70.4 Å². The number of anilines is 2. The molecule has 5 aliphatic rings. The first-order valence-electron chi connectivity index (χ1n) is 21.2. The number of hydrogen-bond donors (Lipinski definition) is 3. The molecule has 0 amide bonds. The molecule has 5 fully saturated rings. The number of piperidine rings is 2. The molecule has 10 heterocycles. The Morgan fingerprint density at radius 2 is 1.62 bits per heavy atom. The van der Waals surface area contributed by atoms with E-state index in [1.54, 1.807) is 30.9 Å². The predicted octanol–water partition coefficient (Wildman–Crippen LogP) is 4.56. The molecule has 13 rings (SSSR count). The highest BCUT2D eigenvalue weighted by atomic mass is 19.1. The van der Waals surface area contributed by atoms with E-state index in [-0.39, 0.29) is 0 Å². The van der Waals surface area contributed by atoms with Crippen LogP contribution in [0.5, 0.6) is 0 Å². The maximum absolute atomic E-state index is 15.5. The fourth-order valence-electron chi connectivity index (χ4n) is 11.2. The monoisotopic (exact) mass is 815 g/mol. The van der Waals surface area contributed by atoms with E-state index in [1.165, 1.54) is 23.6 Å². The van der Waals surface area contributed by atoms with E-state index in [4.69, 9.17) is 4.98 Å². The Morgan fingerprint density at radius 1 is 0.803 bits per heavy atom. The molecule has 61 heavy (non-hydrogen) atoms. The number of nitrogens with zero attached hydrogens (tertiary/aromatic N) is 14. The molecule has 17 nitrogen and oxygen atoms in total. The number of aromatic amines is 2. The number of hydrogen-bond acceptors (Lipinski definition) is 13. The van der Waals surface area contributed by atoms with E-state index in [2.05, 4.69) is 78.1 Å². The van der Waals surface area contributed by atoms with Gasteiger partial charge in [-0.25, -0.2) is 18.7 Å². The van der Waals surface area contributed by atoms with Gasteiger partial charge in [0, 0.05) is 103 Å². The summed E-state index contributed by atoms with van der Waals surface area (Å²) in [7, 11) is 2.14. The van der Waals surface area contributed by atoms with Gasteiger partial charge < -0.3 is 15.1 Å². The van der Waals surface area contributed by atoms with Crippen molar-refractivity contribution in [2.75, 3.05) is 29.9 Å². The van der Waals surface area contributed by atoms with Crippen LogP contribution in [0.25, 0.3) is 55.7 Å². The number of fused-ring (bicyclic) bond motifs is 3. The smallest absolute Gasteiger partial charge is 0.245 e. The van der Waals surface area contributed by atoms with Gasteiger partial charge in [0.15, 0.2) is 11.6 Å². The Labute approximate surface area is 348 Å². The molecule has 6 unspecified atom stereocenters. The van der Waals surface area contributed by atoms with Crippen LogP contribution < -0.4 is 15.1 Å². The fourth-order valence-corrected chi connectivity index (χ4v) is 11.2. The zero-order chi connectivity index (χ0) is 40.3. The lowest BCUT2D eigenvalue weighted by Gasteiger charge is -2.36. The molecule has 8 aromatic rings. The standard InChI is InChI=1S/C43H42FN17/c1-57(38-7-5-33(51-53-38)27-17-32(44)42(60-12-3-10-49-60)40-31(27)20-47-55-40)24-14-25-15-29(41-37(16-24)61(25)41)28-18-34(28)50-23-8-13-58(22-23)43-45-21-35(52-56-43)26-4-6-36(59-11-2-9-48-59)39-30(26)19-46-54-39/h2-7,9-12,17,19-21,23-25,28-29,34,37,41,50H,8,13-16,18,22H2,1H3,(H,46,54)(H,47,55)/t23?,24-,25+,28?,29?,34?,37?,41+,61?/m1/s1. The second-order valence-corrected chi connectivity index (χ2v) is 17.4. The molecule has 4 saturated heterocycles. The summed E-state index contributed by atoms with van der Waals surface area (Å²) in [4.78, 5) is 12.2. The van der Waals surface area contributed by atoms with Gasteiger partial charge in [0.25, 0.3) is 0 Å². The fraction of sp³-hybridized carbons (Fsp3) is 0.372. The number of aromatic nitrogens is 13. The van der Waals surface area contributed by atoms with Crippen LogP contribution in [0.2, 0.25) is 0 Å². The maximum atomic E-state index is 15.5. The highest BCUT2D eigenvalue weighted by molar-refractivity contribution is 5.99. The summed E-state index contributed by atoms with van der Waals surface area (Å²) in [5, 5.41) is 47.4. The molecule has 0 spiro atoms. The predicted molar refractivity (Wildman–Crippen MR) is 225 cm³/mol. The molecule has 0 bridgehead atoms. The summed E-state index contributed by atoms with van der Waals surface area (Å²) in [6.07, 6.45) is 18.3. The van der Waals surface area contributed by atoms with Crippen molar-refractivity contribution in [3.8, 4) is 33.9 Å². The number of nitrogens with one attached hydrogen (secondary N) is 3. The third-order valence-corrected chi connectivity index (χ3v) is 14.2. The molecular weight excluding hydrogens is 774 g/mol. The molecule has 6 aromatic heterocycles. The molecule has 0 radical (unpaired) electrons. The van der Waals surface area contributed by atoms with Crippen molar-refractivity contribution in [3.63, 3.8) is 0 Å². The SMILES string of the molecule is CN(c1ccc(-c2cc(F)c(-n3cccn3)c3[nH]ncc23)nn1)[C@H]1CC2[C@@H]3C(C4CC4NC4CCN(c5ncc(-c6ccc(-n7cccn7)c7[nH]ncc67)nn5)C4)C[C@H](C1)N23. The number of rotatable bonds is 10. The van der Waals surface area contributed by atoms with Crippen molar-refractivity contribution in [3.05, 3.63) is 91.7 Å². The molecule has 9 atom stereocenters. The first-order valence-corrected chi connectivity index (χ1v) is 21.2. The highest BCUT2D eigenvalue weighted by Crippen LogP contribution is 2.60. The lowest BCUT2D eigenvalue weighted by atomic mass is 9.83. The first-order chi connectivity index (χ1) is 30.0. The van der Waals surface area contributed by atoms with Crippen LogP contribution >= 0.6 is 0 Å².